The van der Waals surface area contributed by atoms with E-state index in [1.165, 1.54) is 11.3 Å². The summed E-state index contributed by atoms with van der Waals surface area (Å²) in [5.41, 5.74) is 2.28. The Morgan fingerprint density at radius 1 is 1.46 bits per heavy atom. The number of thiazole rings is 1. The molecule has 1 atom stereocenters. The highest BCUT2D eigenvalue weighted by atomic mass is 35.5. The van der Waals surface area contributed by atoms with E-state index in [4.69, 9.17) is 11.6 Å². The highest BCUT2D eigenvalue weighted by molar-refractivity contribution is 7.13. The molecular weight excluding hydrogens is 394 g/mol. The van der Waals surface area contributed by atoms with Crippen molar-refractivity contribution in [3.05, 3.63) is 52.8 Å². The van der Waals surface area contributed by atoms with Crippen LogP contribution >= 0.6 is 22.9 Å². The van der Waals surface area contributed by atoms with Gasteiger partial charge < -0.3 is 10.2 Å². The minimum Gasteiger partial charge on any atom is -0.333 e. The molecular formula is C20H22ClN5OS. The van der Waals surface area contributed by atoms with Crippen LogP contribution in [0.1, 0.15) is 30.3 Å². The highest BCUT2D eigenvalue weighted by Gasteiger charge is 2.28. The van der Waals surface area contributed by atoms with Gasteiger partial charge in [-0.05, 0) is 37.6 Å². The maximum atomic E-state index is 13.0. The SMILES string of the molecule is CCCN(C(=O)c1csc(-c2cnn(-c3cccc(Cl)c3)c2)n1)[C@H]1CCNC1. The molecule has 6 nitrogen and oxygen atoms in total. The number of hydrogen-bond acceptors (Lipinski definition) is 5. The molecule has 0 unspecified atom stereocenters. The Hall–Kier alpha value is -2.22. The summed E-state index contributed by atoms with van der Waals surface area (Å²) in [6.45, 7) is 4.67. The van der Waals surface area contributed by atoms with Gasteiger partial charge >= 0.3 is 0 Å². The predicted octanol–water partition coefficient (Wildman–Crippen LogP) is 3.86. The highest BCUT2D eigenvalue weighted by Crippen LogP contribution is 2.26. The lowest BCUT2D eigenvalue weighted by Gasteiger charge is -2.27. The Balaban J connectivity index is 1.55. The number of amides is 1. The first-order chi connectivity index (χ1) is 13.7. The second kappa shape index (κ2) is 8.43. The van der Waals surface area contributed by atoms with Gasteiger partial charge in [0.1, 0.15) is 10.7 Å². The Kier molecular flexibility index (Phi) is 5.75. The number of carbonyl (C=O) groups excluding carboxylic acids is 1. The van der Waals surface area contributed by atoms with Gasteiger partial charge in [-0.1, -0.05) is 24.6 Å². The van der Waals surface area contributed by atoms with Gasteiger partial charge in [-0.2, -0.15) is 5.10 Å². The van der Waals surface area contributed by atoms with E-state index in [0.717, 1.165) is 48.7 Å². The molecule has 2 aromatic heterocycles. The van der Waals surface area contributed by atoms with Crippen LogP contribution in [0.15, 0.2) is 42.0 Å². The molecule has 0 radical (unpaired) electrons. The van der Waals surface area contributed by atoms with Crippen LogP contribution in [0.2, 0.25) is 5.02 Å². The van der Waals surface area contributed by atoms with Gasteiger partial charge in [-0.25, -0.2) is 9.67 Å². The predicted molar refractivity (Wildman–Crippen MR) is 112 cm³/mol. The Bertz CT molecular complexity index is 963. The van der Waals surface area contributed by atoms with Crippen molar-refractivity contribution in [3.63, 3.8) is 0 Å². The summed E-state index contributed by atoms with van der Waals surface area (Å²) >= 11 is 7.53. The molecule has 1 fully saturated rings. The van der Waals surface area contributed by atoms with Crippen LogP contribution in [-0.4, -0.2) is 51.2 Å². The zero-order valence-electron chi connectivity index (χ0n) is 15.6. The minimum atomic E-state index is 0.0142. The third-order valence-electron chi connectivity index (χ3n) is 4.83. The molecule has 28 heavy (non-hydrogen) atoms. The van der Waals surface area contributed by atoms with Crippen molar-refractivity contribution >= 4 is 28.8 Å². The van der Waals surface area contributed by atoms with Crippen molar-refractivity contribution in [3.8, 4) is 16.3 Å². The Labute approximate surface area is 173 Å². The summed E-state index contributed by atoms with van der Waals surface area (Å²) in [5.74, 6) is 0.0142. The maximum Gasteiger partial charge on any atom is 0.273 e. The summed E-state index contributed by atoms with van der Waals surface area (Å²) in [5, 5.41) is 11.0. The van der Waals surface area contributed by atoms with Crippen LogP contribution in [0.25, 0.3) is 16.3 Å². The number of benzene rings is 1. The number of nitrogens with one attached hydrogen (secondary N) is 1. The molecule has 146 valence electrons. The quantitative estimate of drug-likeness (QED) is 0.663. The lowest BCUT2D eigenvalue weighted by Crippen LogP contribution is -2.42. The standard InChI is InChI=1S/C20H22ClN5OS/c1-2-8-25(17-6-7-22-11-17)20(27)18-13-28-19(24-18)14-10-23-26(12-14)16-5-3-4-15(21)9-16/h3-5,9-10,12-13,17,22H,2,6-8,11H2,1H3/t17-/m0/s1. The maximum absolute atomic E-state index is 13.0. The van der Waals surface area contributed by atoms with Crippen LogP contribution in [0.3, 0.4) is 0 Å². The molecule has 1 amide bonds. The Morgan fingerprint density at radius 3 is 3.11 bits per heavy atom. The van der Waals surface area contributed by atoms with Crippen LogP contribution < -0.4 is 5.32 Å². The molecule has 1 N–H and O–H groups in total. The van der Waals surface area contributed by atoms with E-state index in [-0.39, 0.29) is 11.9 Å². The lowest BCUT2D eigenvalue weighted by atomic mass is 10.2. The fraction of sp³-hybridized carbons (Fsp3) is 0.350. The van der Waals surface area contributed by atoms with Crippen molar-refractivity contribution in [2.75, 3.05) is 19.6 Å². The minimum absolute atomic E-state index is 0.0142. The van der Waals surface area contributed by atoms with E-state index < -0.39 is 0 Å². The second-order valence-corrected chi connectivity index (χ2v) is 8.13. The van der Waals surface area contributed by atoms with E-state index in [2.05, 4.69) is 22.3 Å². The van der Waals surface area contributed by atoms with Crippen molar-refractivity contribution in [2.45, 2.75) is 25.8 Å². The van der Waals surface area contributed by atoms with Crippen LogP contribution in [-0.2, 0) is 0 Å². The summed E-state index contributed by atoms with van der Waals surface area (Å²) in [7, 11) is 0. The van der Waals surface area contributed by atoms with Crippen LogP contribution in [0, 0.1) is 0 Å². The first kappa shape index (κ1) is 19.1. The number of rotatable bonds is 6. The lowest BCUT2D eigenvalue weighted by molar-refractivity contribution is 0.0687. The third kappa shape index (κ3) is 3.97. The average Bonchev–Trinajstić information content (AvgIpc) is 3.46. The molecule has 0 aliphatic carbocycles. The molecule has 3 heterocycles. The summed E-state index contributed by atoms with van der Waals surface area (Å²) in [6.07, 6.45) is 5.60. The topological polar surface area (TPSA) is 63.1 Å². The number of carbonyl (C=O) groups is 1. The summed E-state index contributed by atoms with van der Waals surface area (Å²) in [6, 6.07) is 7.77. The van der Waals surface area contributed by atoms with Gasteiger partial charge in [-0.3, -0.25) is 4.79 Å². The average molecular weight is 416 g/mol. The van der Waals surface area contributed by atoms with Gasteiger partial charge in [0, 0.05) is 41.3 Å². The molecule has 0 saturated carbocycles. The first-order valence-corrected chi connectivity index (χ1v) is 10.7. The van der Waals surface area contributed by atoms with Crippen molar-refractivity contribution in [1.82, 2.24) is 25.0 Å². The fourth-order valence-corrected chi connectivity index (χ4v) is 4.39. The Morgan fingerprint density at radius 2 is 2.36 bits per heavy atom. The number of hydrogen-bond donors (Lipinski definition) is 1. The van der Waals surface area contributed by atoms with Gasteiger partial charge in [0.05, 0.1) is 11.9 Å². The van der Waals surface area contributed by atoms with E-state index in [0.29, 0.717) is 10.7 Å². The van der Waals surface area contributed by atoms with Crippen molar-refractivity contribution in [1.29, 1.82) is 0 Å². The summed E-state index contributed by atoms with van der Waals surface area (Å²) in [4.78, 5) is 19.6. The number of halogens is 1. The molecule has 1 aliphatic rings. The third-order valence-corrected chi connectivity index (χ3v) is 5.95. The van der Waals surface area contributed by atoms with Gasteiger partial charge in [0.15, 0.2) is 0 Å². The fourth-order valence-electron chi connectivity index (χ4n) is 3.44. The van der Waals surface area contributed by atoms with E-state index >= 15 is 0 Å². The molecule has 8 heteroatoms. The molecule has 1 aliphatic heterocycles. The van der Waals surface area contributed by atoms with Crippen LogP contribution in [0.5, 0.6) is 0 Å². The van der Waals surface area contributed by atoms with Gasteiger partial charge in [0.25, 0.3) is 5.91 Å². The van der Waals surface area contributed by atoms with Crippen molar-refractivity contribution < 1.29 is 4.79 Å². The molecule has 4 rings (SSSR count). The van der Waals surface area contributed by atoms with Gasteiger partial charge in [-0.15, -0.1) is 11.3 Å². The monoisotopic (exact) mass is 415 g/mol. The molecule has 0 bridgehead atoms. The van der Waals surface area contributed by atoms with E-state index in [1.807, 2.05) is 40.7 Å². The van der Waals surface area contributed by atoms with Gasteiger partial charge in [0.2, 0.25) is 0 Å². The van der Waals surface area contributed by atoms with E-state index in [1.54, 1.807) is 10.9 Å². The zero-order valence-corrected chi connectivity index (χ0v) is 17.2. The number of nitrogens with zero attached hydrogens (tertiary/aromatic N) is 4. The molecule has 3 aromatic rings. The summed E-state index contributed by atoms with van der Waals surface area (Å²) < 4.78 is 1.76. The normalized spacial score (nSPS) is 16.4. The first-order valence-electron chi connectivity index (χ1n) is 9.44. The molecule has 0 spiro atoms. The largest absolute Gasteiger partial charge is 0.333 e. The molecule has 1 aromatic carbocycles. The number of aromatic nitrogens is 3. The molecule has 1 saturated heterocycles. The van der Waals surface area contributed by atoms with Crippen molar-refractivity contribution in [2.24, 2.45) is 0 Å². The van der Waals surface area contributed by atoms with Crippen LogP contribution in [0.4, 0.5) is 0 Å². The second-order valence-electron chi connectivity index (χ2n) is 6.84. The smallest absolute Gasteiger partial charge is 0.273 e. The zero-order chi connectivity index (χ0) is 19.5. The van der Waals surface area contributed by atoms with E-state index in [9.17, 15) is 4.79 Å².